The molecule has 3 aromatic carbocycles. The van der Waals surface area contributed by atoms with Gasteiger partial charge in [-0.05, 0) is 52.2 Å². The maximum Gasteiger partial charge on any atom is 0.338 e. The van der Waals surface area contributed by atoms with Crippen molar-refractivity contribution in [2.75, 3.05) is 13.2 Å². The van der Waals surface area contributed by atoms with Gasteiger partial charge in [-0.3, -0.25) is 9.36 Å². The number of aromatic nitrogens is 1. The molecule has 0 fully saturated rings. The van der Waals surface area contributed by atoms with Crippen molar-refractivity contribution in [1.29, 1.82) is 0 Å². The lowest BCUT2D eigenvalue weighted by Crippen LogP contribution is -2.39. The molecule has 0 amide bonds. The first-order valence-electron chi connectivity index (χ1n) is 12.2. The van der Waals surface area contributed by atoms with Crippen LogP contribution >= 0.6 is 27.3 Å². The van der Waals surface area contributed by atoms with Crippen LogP contribution in [0.4, 0.5) is 0 Å². The second kappa shape index (κ2) is 11.7. The van der Waals surface area contributed by atoms with Gasteiger partial charge >= 0.3 is 5.97 Å². The van der Waals surface area contributed by atoms with E-state index in [-0.39, 0.29) is 18.8 Å². The molecule has 0 aliphatic carbocycles. The molecule has 0 spiro atoms. The van der Waals surface area contributed by atoms with E-state index in [0.29, 0.717) is 26.4 Å². The maximum atomic E-state index is 13.9. The van der Waals surface area contributed by atoms with Crippen LogP contribution in [0.3, 0.4) is 0 Å². The van der Waals surface area contributed by atoms with Gasteiger partial charge in [0.1, 0.15) is 12.4 Å². The first kappa shape index (κ1) is 26.4. The van der Waals surface area contributed by atoms with Gasteiger partial charge in [0.05, 0.1) is 32.9 Å². The lowest BCUT2D eigenvalue weighted by Gasteiger charge is -2.25. The third-order valence-corrected chi connectivity index (χ3v) is 7.66. The van der Waals surface area contributed by atoms with Crippen molar-refractivity contribution in [3.05, 3.63) is 125 Å². The number of terminal acetylenes is 1. The predicted octanol–water partition coefficient (Wildman–Crippen LogP) is 4.71. The molecule has 39 heavy (non-hydrogen) atoms. The van der Waals surface area contributed by atoms with Crippen molar-refractivity contribution >= 4 is 45.0 Å². The monoisotopic (exact) mass is 598 g/mol. The molecular formula is C31H23BrN2O4S. The van der Waals surface area contributed by atoms with Gasteiger partial charge < -0.3 is 9.47 Å². The Morgan fingerprint density at radius 2 is 1.85 bits per heavy atom. The van der Waals surface area contributed by atoms with E-state index in [9.17, 15) is 9.59 Å². The molecule has 8 heteroatoms. The summed E-state index contributed by atoms with van der Waals surface area (Å²) in [6, 6.07) is 23.8. The van der Waals surface area contributed by atoms with Crippen LogP contribution < -0.4 is 19.6 Å². The Morgan fingerprint density at radius 1 is 1.13 bits per heavy atom. The minimum atomic E-state index is -0.704. The van der Waals surface area contributed by atoms with Crippen molar-refractivity contribution in [1.82, 2.24) is 4.57 Å². The fraction of sp³-hybridized carbons (Fsp3) is 0.129. The van der Waals surface area contributed by atoms with E-state index < -0.39 is 12.0 Å². The Balaban J connectivity index is 1.74. The molecule has 6 nitrogen and oxygen atoms in total. The van der Waals surface area contributed by atoms with E-state index in [1.54, 1.807) is 23.6 Å². The van der Waals surface area contributed by atoms with E-state index in [0.717, 1.165) is 21.2 Å². The zero-order chi connectivity index (χ0) is 27.4. The van der Waals surface area contributed by atoms with Gasteiger partial charge in [-0.1, -0.05) is 84.0 Å². The summed E-state index contributed by atoms with van der Waals surface area (Å²) in [5.41, 5.74) is 2.93. The number of fused-ring (bicyclic) bond motifs is 1. The second-order valence-electron chi connectivity index (χ2n) is 8.52. The van der Waals surface area contributed by atoms with Gasteiger partial charge in [0.15, 0.2) is 4.80 Å². The molecule has 2 heterocycles. The number of halogens is 1. The number of ether oxygens (including phenoxy) is 2. The summed E-state index contributed by atoms with van der Waals surface area (Å²) >= 11 is 4.78. The van der Waals surface area contributed by atoms with Crippen LogP contribution in [0.5, 0.6) is 5.75 Å². The molecule has 0 N–H and O–H groups in total. The normalized spacial score (nSPS) is 14.8. The van der Waals surface area contributed by atoms with Crippen molar-refractivity contribution in [3.8, 4) is 18.1 Å². The smallest absolute Gasteiger partial charge is 0.338 e. The highest BCUT2D eigenvalue weighted by Gasteiger charge is 2.35. The van der Waals surface area contributed by atoms with Crippen LogP contribution in [-0.4, -0.2) is 23.8 Å². The molecule has 0 saturated heterocycles. The Bertz CT molecular complexity index is 1780. The molecule has 1 aliphatic heterocycles. The molecule has 1 aliphatic rings. The van der Waals surface area contributed by atoms with Crippen molar-refractivity contribution < 1.29 is 14.3 Å². The second-order valence-corrected chi connectivity index (χ2v) is 10.4. The maximum absolute atomic E-state index is 13.9. The van der Waals surface area contributed by atoms with Gasteiger partial charge in [0, 0.05) is 5.56 Å². The largest absolute Gasteiger partial charge is 0.480 e. The van der Waals surface area contributed by atoms with E-state index in [2.05, 4.69) is 21.9 Å². The summed E-state index contributed by atoms with van der Waals surface area (Å²) in [6.45, 7) is 2.11. The summed E-state index contributed by atoms with van der Waals surface area (Å²) in [5.74, 6) is 2.55. The first-order chi connectivity index (χ1) is 19.0. The molecule has 5 rings (SSSR count). The van der Waals surface area contributed by atoms with Gasteiger partial charge in [0.2, 0.25) is 0 Å². The number of benzene rings is 3. The third-order valence-electron chi connectivity index (χ3n) is 6.05. The molecule has 1 atom stereocenters. The van der Waals surface area contributed by atoms with Crippen LogP contribution in [0.1, 0.15) is 29.7 Å². The topological polar surface area (TPSA) is 69.9 Å². The number of esters is 1. The standard InChI is InChI=1S/C31H23BrN2O4S/c1-3-17-38-24-16-15-20(18-23(24)32)19-25-29(35)34-28(22-13-9-6-10-14-22)26(30(36)37-4-2)27(33-31(34)39-25)21-11-7-5-8-12-21/h1,5-16,18-19,28H,4,17H2,2H3/b25-19-/t28-/m0/s1. The molecule has 194 valence electrons. The quantitative estimate of drug-likeness (QED) is 0.228. The van der Waals surface area contributed by atoms with Crippen LogP contribution in [0.25, 0.3) is 11.8 Å². The van der Waals surface area contributed by atoms with Crippen LogP contribution in [0, 0.1) is 12.3 Å². The van der Waals surface area contributed by atoms with Crippen LogP contribution in [0.15, 0.2) is 98.7 Å². The molecule has 0 radical (unpaired) electrons. The number of nitrogens with zero attached hydrogens (tertiary/aromatic N) is 2. The highest BCUT2D eigenvalue weighted by atomic mass is 79.9. The summed E-state index contributed by atoms with van der Waals surface area (Å²) in [4.78, 5) is 32.7. The van der Waals surface area contributed by atoms with E-state index in [1.807, 2.05) is 72.8 Å². The van der Waals surface area contributed by atoms with E-state index in [4.69, 9.17) is 20.9 Å². The minimum absolute atomic E-state index is 0.155. The minimum Gasteiger partial charge on any atom is -0.480 e. The summed E-state index contributed by atoms with van der Waals surface area (Å²) in [6.07, 6.45) is 7.10. The zero-order valence-electron chi connectivity index (χ0n) is 21.0. The number of carbonyl (C=O) groups is 1. The zero-order valence-corrected chi connectivity index (χ0v) is 23.4. The molecule has 4 aromatic rings. The van der Waals surface area contributed by atoms with Gasteiger partial charge in [-0.25, -0.2) is 9.79 Å². The summed E-state index contributed by atoms with van der Waals surface area (Å²) in [5, 5.41) is 0. The number of hydrogen-bond acceptors (Lipinski definition) is 6. The SMILES string of the molecule is C#CCOc1ccc(/C=c2\sc3n(c2=O)[C@@H](c2ccccc2)C(C(=O)OCC)=C(c2ccccc2)N=3)cc1Br. The van der Waals surface area contributed by atoms with Crippen molar-refractivity contribution in [3.63, 3.8) is 0 Å². The molecular weight excluding hydrogens is 576 g/mol. The fourth-order valence-corrected chi connectivity index (χ4v) is 5.90. The Kier molecular flexibility index (Phi) is 7.92. The summed E-state index contributed by atoms with van der Waals surface area (Å²) < 4.78 is 13.8. The Hall–Kier alpha value is -4.19. The number of carbonyl (C=O) groups excluding carboxylic acids is 1. The van der Waals surface area contributed by atoms with Gasteiger partial charge in [-0.15, -0.1) is 6.42 Å². The van der Waals surface area contributed by atoms with Crippen LogP contribution in [-0.2, 0) is 9.53 Å². The van der Waals surface area contributed by atoms with Gasteiger partial charge in [-0.2, -0.15) is 0 Å². The predicted molar refractivity (Wildman–Crippen MR) is 156 cm³/mol. The molecule has 0 unspecified atom stereocenters. The Labute approximate surface area is 237 Å². The lowest BCUT2D eigenvalue weighted by atomic mass is 9.93. The summed E-state index contributed by atoms with van der Waals surface area (Å²) in [7, 11) is 0. The lowest BCUT2D eigenvalue weighted by molar-refractivity contribution is -0.138. The fourth-order valence-electron chi connectivity index (χ4n) is 4.39. The molecule has 0 bridgehead atoms. The van der Waals surface area contributed by atoms with Crippen molar-refractivity contribution in [2.24, 2.45) is 4.99 Å². The average molecular weight is 600 g/mol. The average Bonchev–Trinajstić information content (AvgIpc) is 3.27. The van der Waals surface area contributed by atoms with Gasteiger partial charge in [0.25, 0.3) is 5.56 Å². The third kappa shape index (κ3) is 5.37. The number of hydrogen-bond donors (Lipinski definition) is 0. The number of rotatable bonds is 7. The number of thiazole rings is 1. The van der Waals surface area contributed by atoms with E-state index >= 15 is 0 Å². The van der Waals surface area contributed by atoms with Crippen molar-refractivity contribution in [2.45, 2.75) is 13.0 Å². The first-order valence-corrected chi connectivity index (χ1v) is 13.8. The van der Waals surface area contributed by atoms with Crippen LogP contribution in [0.2, 0.25) is 0 Å². The van der Waals surface area contributed by atoms with E-state index in [1.165, 1.54) is 11.3 Å². The molecule has 0 saturated carbocycles. The Morgan fingerprint density at radius 3 is 2.51 bits per heavy atom. The highest BCUT2D eigenvalue weighted by molar-refractivity contribution is 9.10. The highest BCUT2D eigenvalue weighted by Crippen LogP contribution is 2.35. The molecule has 1 aromatic heterocycles.